The first-order valence-electron chi connectivity index (χ1n) is 24.8. The van der Waals surface area contributed by atoms with Crippen LogP contribution in [-0.2, 0) is 57.2 Å². The lowest BCUT2D eigenvalue weighted by atomic mass is 9.76. The zero-order valence-corrected chi connectivity index (χ0v) is 43.7. The molecule has 0 aromatic heterocycles. The van der Waals surface area contributed by atoms with Gasteiger partial charge in [-0.15, -0.1) is 0 Å². The van der Waals surface area contributed by atoms with Gasteiger partial charge in [0.15, 0.2) is 0 Å². The smallest absolute Gasteiger partial charge is 0.358 e. The summed E-state index contributed by atoms with van der Waals surface area (Å²) < 4.78 is 53.6. The Bertz CT molecular complexity index is 2350. The molecular formula is C53H74N2O14P2. The van der Waals surface area contributed by atoms with E-state index in [0.717, 1.165) is 33.7 Å². The fraction of sp³-hybridized carbons (Fsp3) is 0.547. The van der Waals surface area contributed by atoms with Crippen LogP contribution in [0.1, 0.15) is 152 Å². The third-order valence-electron chi connectivity index (χ3n) is 12.9. The molecule has 4 N–H and O–H groups in total. The molecule has 2 unspecified atom stereocenters. The van der Waals surface area contributed by atoms with E-state index in [4.69, 9.17) is 48.5 Å². The van der Waals surface area contributed by atoms with Crippen LogP contribution < -0.4 is 0 Å². The van der Waals surface area contributed by atoms with Crippen molar-refractivity contribution in [3.05, 3.63) is 94.8 Å². The Morgan fingerprint density at radius 2 is 1.04 bits per heavy atom. The Morgan fingerprint density at radius 1 is 0.606 bits per heavy atom. The maximum absolute atomic E-state index is 15.0. The molecule has 0 amide bonds. The fourth-order valence-corrected chi connectivity index (χ4v) is 12.4. The van der Waals surface area contributed by atoms with Gasteiger partial charge in [-0.1, -0.05) is 92.8 Å². The summed E-state index contributed by atoms with van der Waals surface area (Å²) in [6.45, 7) is 12.7. The molecule has 4 rings (SSSR count). The highest BCUT2D eigenvalue weighted by Crippen LogP contribution is 2.64. The molecule has 16 nitrogen and oxygen atoms in total. The molecule has 2 aliphatic rings. The molecule has 2 aliphatic heterocycles. The number of carboxylic acids is 4. The molecule has 2 aromatic carbocycles. The van der Waals surface area contributed by atoms with E-state index < -0.39 is 49.9 Å². The van der Waals surface area contributed by atoms with E-state index >= 15 is 0 Å². The second-order valence-electron chi connectivity index (χ2n) is 18.7. The van der Waals surface area contributed by atoms with Crippen LogP contribution in [-0.4, -0.2) is 88.3 Å². The van der Waals surface area contributed by atoms with E-state index in [1.807, 2.05) is 75.4 Å². The Balaban J connectivity index is 1.55. The highest BCUT2D eigenvalue weighted by Gasteiger charge is 2.49. The molecular weight excluding hydrogens is 951 g/mol. The van der Waals surface area contributed by atoms with E-state index in [2.05, 4.69) is 19.6 Å². The average molecular weight is 1030 g/mol. The number of hydrogen-bond acceptors (Lipinski definition) is 12. The normalized spacial score (nSPS) is 17.6. The predicted octanol–water partition coefficient (Wildman–Crippen LogP) is 13.1. The van der Waals surface area contributed by atoms with Crippen LogP contribution >= 0.6 is 15.2 Å². The van der Waals surface area contributed by atoms with E-state index in [1.165, 1.54) is 0 Å². The van der Waals surface area contributed by atoms with Gasteiger partial charge in [-0.2, -0.15) is 0 Å². The molecule has 2 aromatic rings. The Kier molecular flexibility index (Phi) is 23.5. The molecule has 0 aliphatic carbocycles. The minimum atomic E-state index is -4.08. The summed E-state index contributed by atoms with van der Waals surface area (Å²) in [7, 11) is -7.73. The number of aryl methyl sites for hydroxylation is 2. The number of allylic oxidation sites excluding steroid dienone is 5. The maximum atomic E-state index is 15.0. The number of aliphatic imine (C=N–C) groups is 2. The van der Waals surface area contributed by atoms with Crippen molar-refractivity contribution in [1.82, 2.24) is 0 Å². The lowest BCUT2D eigenvalue weighted by Gasteiger charge is -2.33. The van der Waals surface area contributed by atoms with Crippen LogP contribution in [0.5, 0.6) is 0 Å². The summed E-state index contributed by atoms with van der Waals surface area (Å²) in [5.74, 6) is -3.53. The topological polar surface area (TPSA) is 245 Å². The SMILES string of the molecule is C=C(C1(C)C(C=CC=CCC2=Nc3ccc(C)cc3C2(C)CCP(=O)(OCCCCCC(=O)O)OCCCCCC(=O)O)=Nc2ccc(C)cc21)P(=O)(OCCCCCC(=O)O)OCCCCCC(=O)O. The zero-order chi connectivity index (χ0) is 52.1. The van der Waals surface area contributed by atoms with Crippen molar-refractivity contribution in [2.45, 2.75) is 154 Å². The number of unbranched alkanes of at least 4 members (excludes halogenated alkanes) is 8. The van der Waals surface area contributed by atoms with Crippen LogP contribution in [0.15, 0.2) is 82.6 Å². The molecule has 390 valence electrons. The first-order chi connectivity index (χ1) is 33.7. The maximum Gasteiger partial charge on any atom is 0.358 e. The molecule has 0 saturated heterocycles. The van der Waals surface area contributed by atoms with Crippen LogP contribution in [0.25, 0.3) is 0 Å². The van der Waals surface area contributed by atoms with Gasteiger partial charge in [0.2, 0.25) is 0 Å². The molecule has 18 heteroatoms. The minimum absolute atomic E-state index is 0.0165. The lowest BCUT2D eigenvalue weighted by molar-refractivity contribution is -0.138. The highest BCUT2D eigenvalue weighted by molar-refractivity contribution is 7.58. The molecule has 2 heterocycles. The number of rotatable bonds is 37. The third kappa shape index (κ3) is 18.0. The van der Waals surface area contributed by atoms with Crippen molar-refractivity contribution >= 4 is 61.9 Å². The average Bonchev–Trinajstić information content (AvgIpc) is 3.75. The first kappa shape index (κ1) is 58.7. The quantitative estimate of drug-likeness (QED) is 0.0279. The van der Waals surface area contributed by atoms with E-state index in [-0.39, 0.29) is 63.6 Å². The number of carbonyl (C=O) groups is 4. The second kappa shape index (κ2) is 28.4. The van der Waals surface area contributed by atoms with Crippen LogP contribution in [0.3, 0.4) is 0 Å². The van der Waals surface area contributed by atoms with E-state index in [0.29, 0.717) is 101 Å². The first-order valence-corrected chi connectivity index (χ1v) is 28.1. The van der Waals surface area contributed by atoms with E-state index in [9.17, 15) is 28.3 Å². The molecule has 0 saturated carbocycles. The van der Waals surface area contributed by atoms with Gasteiger partial charge in [0.1, 0.15) is 0 Å². The number of benzene rings is 2. The number of nitrogens with zero attached hydrogens (tertiary/aromatic N) is 2. The van der Waals surface area contributed by atoms with Crippen molar-refractivity contribution in [2.75, 3.05) is 32.6 Å². The number of fused-ring (bicyclic) bond motifs is 2. The van der Waals surface area contributed by atoms with Gasteiger partial charge < -0.3 is 38.5 Å². The largest absolute Gasteiger partial charge is 0.481 e. The Hall–Kier alpha value is -4.82. The standard InChI is InChI=1S/C53H74N2O14P2/c1-39-27-29-44-42(37-39)52(4,31-36-70(64,66-32-17-7-13-23-48(56)57)67-33-18-8-14-24-49(58)59)46(54-44)21-11-6-12-22-47-53(5,43-38-40(2)28-30-45(43)55-47)41(3)71(65,68-34-19-9-15-25-50(60)61)69-35-20-10-16-26-51(62)63/h6,11-12,22,27-30,37-38H,3,7-10,13-21,23-26,31-36H2,1-2,4-5H3,(H,56,57)(H,58,59)(H,60,61)(H,62,63). The molecule has 0 spiro atoms. The van der Waals surface area contributed by atoms with Crippen molar-refractivity contribution < 1.29 is 66.8 Å². The summed E-state index contributed by atoms with van der Waals surface area (Å²) in [5.41, 5.74) is 4.97. The highest BCUT2D eigenvalue weighted by atomic mass is 31.2. The summed E-state index contributed by atoms with van der Waals surface area (Å²) >= 11 is 0. The van der Waals surface area contributed by atoms with Gasteiger partial charge in [-0.3, -0.25) is 38.3 Å². The molecule has 71 heavy (non-hydrogen) atoms. The van der Waals surface area contributed by atoms with Gasteiger partial charge in [0.05, 0.1) is 60.4 Å². The summed E-state index contributed by atoms with van der Waals surface area (Å²) in [5, 5.41) is 36.4. The van der Waals surface area contributed by atoms with Crippen molar-refractivity contribution in [1.29, 1.82) is 0 Å². The van der Waals surface area contributed by atoms with Gasteiger partial charge in [-0.05, 0) is 108 Å². The van der Waals surface area contributed by atoms with Gasteiger partial charge in [0.25, 0.3) is 0 Å². The number of carboxylic acid groups (broad SMARTS) is 4. The summed E-state index contributed by atoms with van der Waals surface area (Å²) in [6, 6.07) is 11.9. The Morgan fingerprint density at radius 3 is 1.51 bits per heavy atom. The van der Waals surface area contributed by atoms with Crippen LogP contribution in [0, 0.1) is 13.8 Å². The predicted molar refractivity (Wildman–Crippen MR) is 276 cm³/mol. The van der Waals surface area contributed by atoms with Crippen molar-refractivity contribution in [2.24, 2.45) is 9.98 Å². The van der Waals surface area contributed by atoms with Gasteiger partial charge in [0, 0.05) is 43.2 Å². The zero-order valence-electron chi connectivity index (χ0n) is 41.9. The molecule has 0 radical (unpaired) electrons. The second-order valence-corrected chi connectivity index (χ2v) is 23.0. The fourth-order valence-electron chi connectivity index (χ4n) is 8.59. The summed E-state index contributed by atoms with van der Waals surface area (Å²) in [4.78, 5) is 54.2. The molecule has 0 fully saturated rings. The van der Waals surface area contributed by atoms with Gasteiger partial charge >= 0.3 is 39.1 Å². The number of hydrogen-bond donors (Lipinski definition) is 4. The van der Waals surface area contributed by atoms with Crippen molar-refractivity contribution in [3.63, 3.8) is 0 Å². The number of aliphatic carboxylic acids is 4. The van der Waals surface area contributed by atoms with Crippen molar-refractivity contribution in [3.8, 4) is 0 Å². The van der Waals surface area contributed by atoms with Crippen LogP contribution in [0.4, 0.5) is 11.4 Å². The molecule has 2 atom stereocenters. The minimum Gasteiger partial charge on any atom is -0.481 e. The lowest BCUT2D eigenvalue weighted by Crippen LogP contribution is -2.31. The monoisotopic (exact) mass is 1020 g/mol. The van der Waals surface area contributed by atoms with E-state index in [1.54, 1.807) is 0 Å². The van der Waals surface area contributed by atoms with Gasteiger partial charge in [-0.25, -0.2) is 0 Å². The Labute approximate surface area is 418 Å². The van der Waals surface area contributed by atoms with Crippen LogP contribution in [0.2, 0.25) is 0 Å². The summed E-state index contributed by atoms with van der Waals surface area (Å²) in [6.07, 6.45) is 14.7. The third-order valence-corrected chi connectivity index (χ3v) is 17.0. The molecule has 0 bridgehead atoms.